The summed E-state index contributed by atoms with van der Waals surface area (Å²) in [5.41, 5.74) is 2.81. The Balaban J connectivity index is 1.88. The molecular formula is C20H18N2O5. The third-order valence-electron chi connectivity index (χ3n) is 4.13. The lowest BCUT2D eigenvalue weighted by Crippen LogP contribution is -2.11. The van der Waals surface area contributed by atoms with Gasteiger partial charge in [0.15, 0.2) is 5.76 Å². The number of nitro benzene ring substituents is 1. The van der Waals surface area contributed by atoms with Crippen LogP contribution < -0.4 is 10.1 Å². The van der Waals surface area contributed by atoms with E-state index in [0.29, 0.717) is 11.4 Å². The number of methoxy groups -OCH3 is 1. The Bertz CT molecular complexity index is 1020. The molecule has 0 saturated heterocycles. The predicted molar refractivity (Wildman–Crippen MR) is 101 cm³/mol. The minimum absolute atomic E-state index is 0.0649. The van der Waals surface area contributed by atoms with Crippen LogP contribution in [-0.2, 0) is 0 Å². The highest BCUT2D eigenvalue weighted by atomic mass is 16.6. The van der Waals surface area contributed by atoms with E-state index in [-0.39, 0.29) is 22.8 Å². The van der Waals surface area contributed by atoms with Crippen LogP contribution in [0.3, 0.4) is 0 Å². The first kappa shape index (κ1) is 18.2. The van der Waals surface area contributed by atoms with Crippen molar-refractivity contribution in [3.05, 3.63) is 75.5 Å². The van der Waals surface area contributed by atoms with Crippen molar-refractivity contribution in [3.8, 4) is 17.1 Å². The number of benzene rings is 2. The van der Waals surface area contributed by atoms with Crippen LogP contribution in [0.25, 0.3) is 11.3 Å². The topological polar surface area (TPSA) is 94.6 Å². The second kappa shape index (κ2) is 7.33. The average molecular weight is 366 g/mol. The van der Waals surface area contributed by atoms with Gasteiger partial charge in [-0.1, -0.05) is 17.7 Å². The zero-order valence-electron chi connectivity index (χ0n) is 15.1. The summed E-state index contributed by atoms with van der Waals surface area (Å²) in [6.07, 6.45) is 0. The summed E-state index contributed by atoms with van der Waals surface area (Å²) in [5.74, 6) is 0.236. The number of rotatable bonds is 5. The summed E-state index contributed by atoms with van der Waals surface area (Å²) >= 11 is 0. The fourth-order valence-electron chi connectivity index (χ4n) is 2.74. The van der Waals surface area contributed by atoms with Crippen molar-refractivity contribution in [1.82, 2.24) is 0 Å². The Kier molecular flexibility index (Phi) is 4.94. The van der Waals surface area contributed by atoms with E-state index in [0.717, 1.165) is 11.1 Å². The molecule has 3 rings (SSSR count). The highest BCUT2D eigenvalue weighted by Crippen LogP contribution is 2.34. The van der Waals surface area contributed by atoms with Crippen molar-refractivity contribution in [1.29, 1.82) is 0 Å². The number of ether oxygens (including phenoxy) is 1. The molecule has 2 aromatic carbocycles. The van der Waals surface area contributed by atoms with E-state index in [2.05, 4.69) is 5.32 Å². The van der Waals surface area contributed by atoms with Crippen LogP contribution >= 0.6 is 0 Å². The molecule has 1 heterocycles. The molecule has 0 bridgehead atoms. The van der Waals surface area contributed by atoms with Crippen LogP contribution in [0.1, 0.15) is 21.7 Å². The molecule has 0 spiro atoms. The van der Waals surface area contributed by atoms with Gasteiger partial charge in [0.2, 0.25) is 0 Å². The molecule has 27 heavy (non-hydrogen) atoms. The lowest BCUT2D eigenvalue weighted by Gasteiger charge is -2.07. The SMILES string of the molecule is COc1ccc(-c2ccc(C(=O)Nc3ccc(C)cc3C)o2)c([N+](=O)[O-])c1. The van der Waals surface area contributed by atoms with Gasteiger partial charge in [-0.05, 0) is 49.7 Å². The van der Waals surface area contributed by atoms with E-state index in [9.17, 15) is 14.9 Å². The van der Waals surface area contributed by atoms with Gasteiger partial charge in [-0.3, -0.25) is 14.9 Å². The molecule has 0 atom stereocenters. The standard InChI is InChI=1S/C20H18N2O5/c1-12-4-7-16(13(2)10-12)21-20(23)19-9-8-18(27-19)15-6-5-14(26-3)11-17(15)22(24)25/h4-11H,1-3H3,(H,21,23). The molecule has 0 fully saturated rings. The number of anilines is 1. The van der Waals surface area contributed by atoms with Crippen LogP contribution in [0.15, 0.2) is 52.9 Å². The number of hydrogen-bond acceptors (Lipinski definition) is 5. The monoisotopic (exact) mass is 366 g/mol. The lowest BCUT2D eigenvalue weighted by molar-refractivity contribution is -0.384. The molecule has 7 nitrogen and oxygen atoms in total. The number of carbonyl (C=O) groups is 1. The van der Waals surface area contributed by atoms with Gasteiger partial charge in [0, 0.05) is 5.69 Å². The van der Waals surface area contributed by atoms with Crippen LogP contribution in [0.2, 0.25) is 0 Å². The summed E-state index contributed by atoms with van der Waals surface area (Å²) in [6, 6.07) is 13.1. The first-order chi connectivity index (χ1) is 12.9. The van der Waals surface area contributed by atoms with E-state index in [1.165, 1.54) is 31.4 Å². The lowest BCUT2D eigenvalue weighted by atomic mass is 10.1. The summed E-state index contributed by atoms with van der Waals surface area (Å²) in [4.78, 5) is 23.3. The van der Waals surface area contributed by atoms with Gasteiger partial charge in [-0.25, -0.2) is 0 Å². The average Bonchev–Trinajstić information content (AvgIpc) is 3.13. The number of furan rings is 1. The molecule has 0 aliphatic carbocycles. The Morgan fingerprint density at radius 3 is 2.56 bits per heavy atom. The van der Waals surface area contributed by atoms with E-state index in [4.69, 9.17) is 9.15 Å². The fourth-order valence-corrected chi connectivity index (χ4v) is 2.74. The second-order valence-electron chi connectivity index (χ2n) is 6.08. The van der Waals surface area contributed by atoms with Gasteiger partial charge in [-0.15, -0.1) is 0 Å². The zero-order valence-corrected chi connectivity index (χ0v) is 15.1. The molecule has 0 aliphatic rings. The first-order valence-electron chi connectivity index (χ1n) is 8.20. The quantitative estimate of drug-likeness (QED) is 0.520. The molecule has 7 heteroatoms. The van der Waals surface area contributed by atoms with Gasteiger partial charge in [0.25, 0.3) is 11.6 Å². The number of nitrogens with zero attached hydrogens (tertiary/aromatic N) is 1. The van der Waals surface area contributed by atoms with Crippen molar-refractivity contribution in [2.45, 2.75) is 13.8 Å². The van der Waals surface area contributed by atoms with Crippen LogP contribution in [0.4, 0.5) is 11.4 Å². The highest BCUT2D eigenvalue weighted by molar-refractivity contribution is 6.03. The smallest absolute Gasteiger partial charge is 0.291 e. The van der Waals surface area contributed by atoms with Crippen molar-refractivity contribution < 1.29 is 18.9 Å². The molecule has 1 N–H and O–H groups in total. The summed E-state index contributed by atoms with van der Waals surface area (Å²) < 4.78 is 10.6. The third-order valence-corrected chi connectivity index (χ3v) is 4.13. The van der Waals surface area contributed by atoms with Crippen LogP contribution in [0.5, 0.6) is 5.75 Å². The number of nitro groups is 1. The highest BCUT2D eigenvalue weighted by Gasteiger charge is 2.21. The van der Waals surface area contributed by atoms with Gasteiger partial charge in [-0.2, -0.15) is 0 Å². The number of carbonyl (C=O) groups excluding carboxylic acids is 1. The normalized spacial score (nSPS) is 10.5. The minimum atomic E-state index is -0.518. The molecule has 3 aromatic rings. The molecule has 0 saturated carbocycles. The molecular weight excluding hydrogens is 348 g/mol. The van der Waals surface area contributed by atoms with Gasteiger partial charge in [0.1, 0.15) is 11.5 Å². The third kappa shape index (κ3) is 3.82. The molecule has 1 aromatic heterocycles. The summed E-state index contributed by atoms with van der Waals surface area (Å²) in [6.45, 7) is 3.87. The number of amides is 1. The molecule has 0 unspecified atom stereocenters. The maximum Gasteiger partial charge on any atom is 0.291 e. The van der Waals surface area contributed by atoms with Crippen molar-refractivity contribution in [3.63, 3.8) is 0 Å². The molecule has 0 radical (unpaired) electrons. The minimum Gasteiger partial charge on any atom is -0.497 e. The van der Waals surface area contributed by atoms with Crippen molar-refractivity contribution >= 4 is 17.3 Å². The molecule has 0 aliphatic heterocycles. The van der Waals surface area contributed by atoms with Gasteiger partial charge in [0.05, 0.1) is 23.7 Å². The van der Waals surface area contributed by atoms with Crippen LogP contribution in [0, 0.1) is 24.0 Å². The van der Waals surface area contributed by atoms with Gasteiger partial charge >= 0.3 is 0 Å². The number of hydrogen-bond donors (Lipinski definition) is 1. The molecule has 138 valence electrons. The van der Waals surface area contributed by atoms with E-state index in [1.807, 2.05) is 32.0 Å². The van der Waals surface area contributed by atoms with Gasteiger partial charge < -0.3 is 14.5 Å². The Morgan fingerprint density at radius 2 is 1.89 bits per heavy atom. The first-order valence-corrected chi connectivity index (χ1v) is 8.20. The number of aryl methyl sites for hydroxylation is 2. The number of nitrogens with one attached hydrogen (secondary N) is 1. The van der Waals surface area contributed by atoms with Crippen molar-refractivity contribution in [2.75, 3.05) is 12.4 Å². The largest absolute Gasteiger partial charge is 0.497 e. The maximum atomic E-state index is 12.5. The Hall–Kier alpha value is -3.61. The summed E-state index contributed by atoms with van der Waals surface area (Å²) in [7, 11) is 1.43. The van der Waals surface area contributed by atoms with Crippen LogP contribution in [-0.4, -0.2) is 17.9 Å². The van der Waals surface area contributed by atoms with Crippen molar-refractivity contribution in [2.24, 2.45) is 0 Å². The Labute approximate surface area is 155 Å². The van der Waals surface area contributed by atoms with E-state index < -0.39 is 10.8 Å². The Morgan fingerprint density at radius 1 is 1.11 bits per heavy atom. The van der Waals surface area contributed by atoms with E-state index >= 15 is 0 Å². The van der Waals surface area contributed by atoms with E-state index in [1.54, 1.807) is 6.07 Å². The maximum absolute atomic E-state index is 12.5. The zero-order chi connectivity index (χ0) is 19.6. The molecule has 1 amide bonds. The predicted octanol–water partition coefficient (Wildman–Crippen LogP) is 4.73. The summed E-state index contributed by atoms with van der Waals surface area (Å²) in [5, 5.41) is 14.1. The fraction of sp³-hybridized carbons (Fsp3) is 0.150. The second-order valence-corrected chi connectivity index (χ2v) is 6.08.